The van der Waals surface area contributed by atoms with E-state index in [1.165, 1.54) is 12.0 Å². The fraction of sp³-hybridized carbons (Fsp3) is 0.636. The molecule has 1 amide bonds. The molecular weight excluding hydrogens is 354 g/mol. The Morgan fingerprint density at radius 2 is 1.71 bits per heavy atom. The van der Waals surface area contributed by atoms with Crippen LogP contribution < -0.4 is 0 Å². The van der Waals surface area contributed by atoms with Gasteiger partial charge in [-0.2, -0.15) is 0 Å². The lowest BCUT2D eigenvalue weighted by molar-refractivity contribution is -0.144. The molecule has 3 atom stereocenters. The van der Waals surface area contributed by atoms with E-state index in [9.17, 15) is 14.7 Å². The Labute approximate surface area is 167 Å². The summed E-state index contributed by atoms with van der Waals surface area (Å²) in [6.45, 7) is 4.37. The van der Waals surface area contributed by atoms with E-state index < -0.39 is 12.0 Å². The van der Waals surface area contributed by atoms with Crippen molar-refractivity contribution in [1.82, 2.24) is 14.7 Å². The number of benzene rings is 1. The topological polar surface area (TPSA) is 64.1 Å². The molecule has 1 saturated carbocycles. The Morgan fingerprint density at radius 1 is 1.00 bits per heavy atom. The Bertz CT molecular complexity index is 688. The molecule has 152 valence electrons. The summed E-state index contributed by atoms with van der Waals surface area (Å²) in [4.78, 5) is 31.0. The minimum atomic E-state index is -0.769. The average molecular weight is 386 g/mol. The number of carbonyl (C=O) groups is 2. The molecule has 2 saturated heterocycles. The number of likely N-dealkylation sites (tertiary alicyclic amines) is 1. The van der Waals surface area contributed by atoms with Crippen molar-refractivity contribution in [2.24, 2.45) is 5.92 Å². The van der Waals surface area contributed by atoms with Crippen LogP contribution >= 0.6 is 0 Å². The molecule has 4 rings (SSSR count). The first-order valence-electron chi connectivity index (χ1n) is 10.6. The number of hydrogen-bond donors (Lipinski definition) is 1. The summed E-state index contributed by atoms with van der Waals surface area (Å²) in [5.41, 5.74) is 1.30. The van der Waals surface area contributed by atoms with Gasteiger partial charge < -0.3 is 10.0 Å². The molecule has 0 aromatic heterocycles. The van der Waals surface area contributed by atoms with Gasteiger partial charge in [-0.15, -0.1) is 0 Å². The van der Waals surface area contributed by atoms with Gasteiger partial charge in [-0.3, -0.25) is 19.4 Å². The van der Waals surface area contributed by atoms with Crippen molar-refractivity contribution >= 4 is 11.9 Å². The number of hydrogen-bond acceptors (Lipinski definition) is 4. The molecule has 3 fully saturated rings. The Hall–Kier alpha value is -1.92. The zero-order valence-electron chi connectivity index (χ0n) is 16.5. The summed E-state index contributed by atoms with van der Waals surface area (Å²) < 4.78 is 0. The fourth-order valence-electron chi connectivity index (χ4n) is 5.28. The Balaban J connectivity index is 1.31. The smallest absolute Gasteiger partial charge is 0.320 e. The van der Waals surface area contributed by atoms with Gasteiger partial charge >= 0.3 is 5.97 Å². The third kappa shape index (κ3) is 4.23. The fourth-order valence-corrected chi connectivity index (χ4v) is 5.28. The van der Waals surface area contributed by atoms with E-state index in [0.717, 1.165) is 52.0 Å². The quantitative estimate of drug-likeness (QED) is 0.840. The van der Waals surface area contributed by atoms with Gasteiger partial charge in [0.05, 0.1) is 6.54 Å². The van der Waals surface area contributed by atoms with Crippen molar-refractivity contribution in [2.45, 2.75) is 50.7 Å². The maximum absolute atomic E-state index is 12.9. The maximum Gasteiger partial charge on any atom is 0.320 e. The number of rotatable bonds is 5. The van der Waals surface area contributed by atoms with Gasteiger partial charge in [0.1, 0.15) is 6.04 Å². The molecule has 0 spiro atoms. The highest BCUT2D eigenvalue weighted by Gasteiger charge is 2.46. The van der Waals surface area contributed by atoms with E-state index >= 15 is 0 Å². The molecule has 2 aliphatic heterocycles. The second-order valence-corrected chi connectivity index (χ2v) is 8.52. The minimum absolute atomic E-state index is 0.0943. The van der Waals surface area contributed by atoms with Gasteiger partial charge in [0.25, 0.3) is 0 Å². The van der Waals surface area contributed by atoms with Crippen LogP contribution in [0.5, 0.6) is 0 Å². The van der Waals surface area contributed by atoms with Crippen molar-refractivity contribution < 1.29 is 14.7 Å². The number of carbonyl (C=O) groups excluding carboxylic acids is 1. The summed E-state index contributed by atoms with van der Waals surface area (Å²) >= 11 is 0. The lowest BCUT2D eigenvalue weighted by Gasteiger charge is -2.37. The zero-order valence-corrected chi connectivity index (χ0v) is 16.5. The predicted octanol–water partition coefficient (Wildman–Crippen LogP) is 2.05. The van der Waals surface area contributed by atoms with Gasteiger partial charge in [-0.25, -0.2) is 0 Å². The molecule has 28 heavy (non-hydrogen) atoms. The normalized spacial score (nSPS) is 28.9. The van der Waals surface area contributed by atoms with Crippen LogP contribution in [0.3, 0.4) is 0 Å². The minimum Gasteiger partial charge on any atom is -0.480 e. The second-order valence-electron chi connectivity index (χ2n) is 8.52. The van der Waals surface area contributed by atoms with Crippen LogP contribution in [0, 0.1) is 5.92 Å². The van der Waals surface area contributed by atoms with Gasteiger partial charge in [0.15, 0.2) is 0 Å². The number of nitrogens with zero attached hydrogens (tertiary/aromatic N) is 3. The summed E-state index contributed by atoms with van der Waals surface area (Å²) in [6, 6.07) is 10.2. The number of fused-ring (bicyclic) bond motifs is 1. The third-order valence-electron chi connectivity index (χ3n) is 6.80. The molecule has 3 unspecified atom stereocenters. The highest BCUT2D eigenvalue weighted by Crippen LogP contribution is 2.39. The Morgan fingerprint density at radius 3 is 2.43 bits per heavy atom. The van der Waals surface area contributed by atoms with Crippen LogP contribution in [0.15, 0.2) is 30.3 Å². The molecule has 1 aliphatic carbocycles. The van der Waals surface area contributed by atoms with E-state index in [1.54, 1.807) is 0 Å². The van der Waals surface area contributed by atoms with Crippen molar-refractivity contribution in [3.63, 3.8) is 0 Å². The molecule has 0 radical (unpaired) electrons. The highest BCUT2D eigenvalue weighted by atomic mass is 16.4. The Kier molecular flexibility index (Phi) is 5.97. The molecule has 3 aliphatic rings. The molecule has 6 nitrogen and oxygen atoms in total. The van der Waals surface area contributed by atoms with Crippen molar-refractivity contribution in [2.75, 3.05) is 32.7 Å². The van der Waals surface area contributed by atoms with E-state index in [-0.39, 0.29) is 18.5 Å². The molecule has 1 N–H and O–H groups in total. The van der Waals surface area contributed by atoms with Gasteiger partial charge in [0.2, 0.25) is 5.91 Å². The van der Waals surface area contributed by atoms with Gasteiger partial charge in [-0.1, -0.05) is 43.2 Å². The monoisotopic (exact) mass is 385 g/mol. The van der Waals surface area contributed by atoms with E-state index in [4.69, 9.17) is 0 Å². The van der Waals surface area contributed by atoms with E-state index in [1.807, 2.05) is 15.9 Å². The van der Waals surface area contributed by atoms with E-state index in [2.05, 4.69) is 29.2 Å². The molecular formula is C22H31N3O3. The van der Waals surface area contributed by atoms with E-state index in [0.29, 0.717) is 12.3 Å². The van der Waals surface area contributed by atoms with Gasteiger partial charge in [-0.05, 0) is 30.7 Å². The summed E-state index contributed by atoms with van der Waals surface area (Å²) in [6.07, 6.45) is 5.19. The molecule has 0 bridgehead atoms. The predicted molar refractivity (Wildman–Crippen MR) is 107 cm³/mol. The summed E-state index contributed by atoms with van der Waals surface area (Å²) in [7, 11) is 0. The first-order chi connectivity index (χ1) is 13.6. The SMILES string of the molecule is O=C(O)C1CC2CCCCC2N1CC(=O)N1CCN(Cc2ccccc2)CC1. The third-order valence-corrected chi connectivity index (χ3v) is 6.80. The molecule has 2 heterocycles. The molecule has 6 heteroatoms. The maximum atomic E-state index is 12.9. The highest BCUT2D eigenvalue weighted by molar-refractivity contribution is 5.80. The van der Waals surface area contributed by atoms with Crippen LogP contribution in [0.1, 0.15) is 37.7 Å². The van der Waals surface area contributed by atoms with Crippen LogP contribution in [0.4, 0.5) is 0 Å². The second kappa shape index (κ2) is 8.62. The largest absolute Gasteiger partial charge is 0.480 e. The lowest BCUT2D eigenvalue weighted by atomic mass is 9.85. The first kappa shape index (κ1) is 19.4. The number of carboxylic acid groups (broad SMARTS) is 1. The molecule has 1 aromatic carbocycles. The lowest BCUT2D eigenvalue weighted by Crippen LogP contribution is -2.53. The average Bonchev–Trinajstić information content (AvgIpc) is 3.08. The van der Waals surface area contributed by atoms with Crippen LogP contribution in [0.2, 0.25) is 0 Å². The zero-order chi connectivity index (χ0) is 19.5. The van der Waals surface area contributed by atoms with Crippen LogP contribution in [0.25, 0.3) is 0 Å². The van der Waals surface area contributed by atoms with Crippen molar-refractivity contribution in [1.29, 1.82) is 0 Å². The number of piperazine rings is 1. The van der Waals surface area contributed by atoms with Crippen molar-refractivity contribution in [3.8, 4) is 0 Å². The van der Waals surface area contributed by atoms with Crippen molar-refractivity contribution in [3.05, 3.63) is 35.9 Å². The van der Waals surface area contributed by atoms with Crippen LogP contribution in [-0.4, -0.2) is 76.5 Å². The number of carboxylic acids is 1. The summed E-state index contributed by atoms with van der Waals surface area (Å²) in [5.74, 6) is -0.225. The standard InChI is InChI=1S/C22H31N3O3/c26-21(16-25-19-9-5-4-8-18(19)14-20(25)22(27)28)24-12-10-23(11-13-24)15-17-6-2-1-3-7-17/h1-3,6-7,18-20H,4-5,8-16H2,(H,27,28). The molecule has 1 aromatic rings. The first-order valence-corrected chi connectivity index (χ1v) is 10.6. The van der Waals surface area contributed by atoms with Crippen LogP contribution in [-0.2, 0) is 16.1 Å². The summed E-state index contributed by atoms with van der Waals surface area (Å²) in [5, 5.41) is 9.66. The van der Waals surface area contributed by atoms with Gasteiger partial charge in [0, 0.05) is 38.8 Å². The number of amides is 1. The number of aliphatic carboxylic acids is 1.